The molecule has 1 heterocycles. The third-order valence-electron chi connectivity index (χ3n) is 7.51. The van der Waals surface area contributed by atoms with E-state index in [1.54, 1.807) is 0 Å². The molecule has 4 aliphatic carbocycles. The SMILES string of the molecule is CC(NC(=O)C12CC3CC(C)(CC(C)(C3)C1)C2)C1CCCNC1. The van der Waals surface area contributed by atoms with E-state index in [1.807, 2.05) is 0 Å². The quantitative estimate of drug-likeness (QED) is 0.836. The van der Waals surface area contributed by atoms with Gasteiger partial charge in [-0.05, 0) is 94.0 Å². The topological polar surface area (TPSA) is 41.1 Å². The third-order valence-corrected chi connectivity index (χ3v) is 7.51. The van der Waals surface area contributed by atoms with E-state index in [0.717, 1.165) is 38.3 Å². The third kappa shape index (κ3) is 2.73. The first-order valence-corrected chi connectivity index (χ1v) is 9.83. The molecule has 4 bridgehead atoms. The molecule has 3 nitrogen and oxygen atoms in total. The van der Waals surface area contributed by atoms with Crippen molar-refractivity contribution < 1.29 is 4.79 Å². The average Bonchev–Trinajstić information content (AvgIpc) is 2.44. The predicted molar refractivity (Wildman–Crippen MR) is 93.0 cm³/mol. The molecule has 4 atom stereocenters. The molecule has 0 radical (unpaired) electrons. The van der Waals surface area contributed by atoms with E-state index < -0.39 is 0 Å². The van der Waals surface area contributed by atoms with Gasteiger partial charge in [0, 0.05) is 6.04 Å². The van der Waals surface area contributed by atoms with Crippen LogP contribution in [-0.2, 0) is 4.79 Å². The van der Waals surface area contributed by atoms with Crippen molar-refractivity contribution in [1.82, 2.24) is 10.6 Å². The van der Waals surface area contributed by atoms with Crippen LogP contribution in [0, 0.1) is 28.1 Å². The summed E-state index contributed by atoms with van der Waals surface area (Å²) in [4.78, 5) is 13.3. The van der Waals surface area contributed by atoms with E-state index >= 15 is 0 Å². The molecule has 0 spiro atoms. The average molecular weight is 319 g/mol. The minimum absolute atomic E-state index is 0.0563. The Bertz CT molecular complexity index is 478. The van der Waals surface area contributed by atoms with E-state index in [4.69, 9.17) is 0 Å². The highest BCUT2D eigenvalue weighted by Crippen LogP contribution is 2.69. The summed E-state index contributed by atoms with van der Waals surface area (Å²) >= 11 is 0. The molecule has 5 aliphatic rings. The lowest BCUT2D eigenvalue weighted by atomic mass is 9.40. The van der Waals surface area contributed by atoms with Gasteiger partial charge in [0.25, 0.3) is 0 Å². The van der Waals surface area contributed by atoms with Gasteiger partial charge in [0.2, 0.25) is 5.91 Å². The molecule has 23 heavy (non-hydrogen) atoms. The second-order valence-corrected chi connectivity index (χ2v) is 10.3. The van der Waals surface area contributed by atoms with Crippen molar-refractivity contribution in [1.29, 1.82) is 0 Å². The first-order chi connectivity index (χ1) is 10.8. The van der Waals surface area contributed by atoms with Gasteiger partial charge in [-0.1, -0.05) is 13.8 Å². The number of nitrogens with one attached hydrogen (secondary N) is 2. The number of amides is 1. The molecule has 0 aromatic carbocycles. The summed E-state index contributed by atoms with van der Waals surface area (Å²) in [6.07, 6.45) is 9.97. The lowest BCUT2D eigenvalue weighted by molar-refractivity contribution is -0.171. The summed E-state index contributed by atoms with van der Waals surface area (Å²) < 4.78 is 0. The number of hydrogen-bond donors (Lipinski definition) is 2. The Hall–Kier alpha value is -0.570. The van der Waals surface area contributed by atoms with Crippen molar-refractivity contribution in [2.45, 2.75) is 78.2 Å². The molecule has 4 unspecified atom stereocenters. The summed E-state index contributed by atoms with van der Waals surface area (Å²) in [5, 5.41) is 6.95. The van der Waals surface area contributed by atoms with Crippen LogP contribution in [0.5, 0.6) is 0 Å². The van der Waals surface area contributed by atoms with Crippen molar-refractivity contribution in [3.63, 3.8) is 0 Å². The van der Waals surface area contributed by atoms with Gasteiger partial charge in [0.15, 0.2) is 0 Å². The van der Waals surface area contributed by atoms with Gasteiger partial charge < -0.3 is 10.6 Å². The lowest BCUT2D eigenvalue weighted by Crippen LogP contribution is -2.61. The second-order valence-electron chi connectivity index (χ2n) is 10.3. The zero-order valence-corrected chi connectivity index (χ0v) is 15.2. The highest BCUT2D eigenvalue weighted by atomic mass is 16.2. The number of carbonyl (C=O) groups is 1. The summed E-state index contributed by atoms with van der Waals surface area (Å²) in [5.41, 5.74) is 0.779. The molecular weight excluding hydrogens is 284 g/mol. The van der Waals surface area contributed by atoms with Crippen molar-refractivity contribution in [3.8, 4) is 0 Å². The van der Waals surface area contributed by atoms with Gasteiger partial charge in [-0.2, -0.15) is 0 Å². The van der Waals surface area contributed by atoms with Crippen LogP contribution in [-0.4, -0.2) is 25.0 Å². The Morgan fingerprint density at radius 3 is 2.39 bits per heavy atom. The summed E-state index contributed by atoms with van der Waals surface area (Å²) in [6.45, 7) is 9.32. The fourth-order valence-electron chi connectivity index (χ4n) is 7.48. The van der Waals surface area contributed by atoms with Gasteiger partial charge >= 0.3 is 0 Å². The normalized spacial score (nSPS) is 49.9. The van der Waals surface area contributed by atoms with Crippen LogP contribution in [0.25, 0.3) is 0 Å². The maximum atomic E-state index is 13.3. The predicted octanol–water partition coefficient (Wildman–Crippen LogP) is 3.49. The smallest absolute Gasteiger partial charge is 0.226 e. The second kappa shape index (κ2) is 5.21. The summed E-state index contributed by atoms with van der Waals surface area (Å²) in [6, 6.07) is 0.309. The first-order valence-electron chi connectivity index (χ1n) is 9.83. The van der Waals surface area contributed by atoms with E-state index in [-0.39, 0.29) is 5.41 Å². The highest BCUT2D eigenvalue weighted by Gasteiger charge is 2.62. The molecule has 5 fully saturated rings. The number of carbonyl (C=O) groups excluding carboxylic acids is 1. The maximum absolute atomic E-state index is 13.3. The van der Waals surface area contributed by atoms with Crippen molar-refractivity contribution in [2.24, 2.45) is 28.1 Å². The number of piperidine rings is 1. The minimum atomic E-state index is -0.0563. The van der Waals surface area contributed by atoms with Crippen LogP contribution in [0.4, 0.5) is 0 Å². The monoisotopic (exact) mass is 318 g/mol. The zero-order valence-electron chi connectivity index (χ0n) is 15.2. The fraction of sp³-hybridized carbons (Fsp3) is 0.950. The molecule has 1 aliphatic heterocycles. The van der Waals surface area contributed by atoms with Gasteiger partial charge in [0.05, 0.1) is 5.41 Å². The molecule has 130 valence electrons. The lowest BCUT2D eigenvalue weighted by Gasteiger charge is -2.64. The van der Waals surface area contributed by atoms with E-state index in [0.29, 0.717) is 28.7 Å². The minimum Gasteiger partial charge on any atom is -0.353 e. The molecule has 0 aromatic heterocycles. The van der Waals surface area contributed by atoms with E-state index in [9.17, 15) is 4.79 Å². The Labute approximate surface area is 141 Å². The van der Waals surface area contributed by atoms with Crippen molar-refractivity contribution in [3.05, 3.63) is 0 Å². The number of hydrogen-bond acceptors (Lipinski definition) is 2. The Balaban J connectivity index is 1.49. The van der Waals surface area contributed by atoms with Crippen LogP contribution in [0.2, 0.25) is 0 Å². The molecule has 2 N–H and O–H groups in total. The van der Waals surface area contributed by atoms with Crippen molar-refractivity contribution >= 4 is 5.91 Å². The standard InChI is InChI=1S/C20H34N2O/c1-14(16-5-4-6-21-10-16)22-17(23)20-9-15-7-18(2,12-20)11-19(3,8-15)13-20/h14-16,21H,4-13H2,1-3H3,(H,22,23). The first kappa shape index (κ1) is 15.9. The molecule has 1 amide bonds. The zero-order chi connectivity index (χ0) is 16.3. The molecule has 3 heteroatoms. The summed E-state index contributed by atoms with van der Waals surface area (Å²) in [5.74, 6) is 1.78. The van der Waals surface area contributed by atoms with Gasteiger partial charge in [-0.3, -0.25) is 4.79 Å². The maximum Gasteiger partial charge on any atom is 0.226 e. The van der Waals surface area contributed by atoms with E-state index in [1.165, 1.54) is 32.1 Å². The van der Waals surface area contributed by atoms with Crippen LogP contribution >= 0.6 is 0 Å². The Morgan fingerprint density at radius 2 is 1.83 bits per heavy atom. The van der Waals surface area contributed by atoms with Gasteiger partial charge in [-0.15, -0.1) is 0 Å². The fourth-order valence-corrected chi connectivity index (χ4v) is 7.48. The van der Waals surface area contributed by atoms with Crippen molar-refractivity contribution in [2.75, 3.05) is 13.1 Å². The van der Waals surface area contributed by atoms with Crippen LogP contribution < -0.4 is 10.6 Å². The summed E-state index contributed by atoms with van der Waals surface area (Å²) in [7, 11) is 0. The van der Waals surface area contributed by atoms with Crippen LogP contribution in [0.15, 0.2) is 0 Å². The Morgan fingerprint density at radius 1 is 1.13 bits per heavy atom. The molecule has 0 aromatic rings. The van der Waals surface area contributed by atoms with E-state index in [2.05, 4.69) is 31.4 Å². The van der Waals surface area contributed by atoms with Gasteiger partial charge in [-0.25, -0.2) is 0 Å². The molecule has 1 saturated heterocycles. The largest absolute Gasteiger partial charge is 0.353 e. The number of rotatable bonds is 3. The molecule has 5 rings (SSSR count). The highest BCUT2D eigenvalue weighted by molar-refractivity contribution is 5.83. The van der Waals surface area contributed by atoms with Gasteiger partial charge in [0.1, 0.15) is 0 Å². The Kier molecular flexibility index (Phi) is 3.61. The molecule has 4 saturated carbocycles. The van der Waals surface area contributed by atoms with Crippen LogP contribution in [0.1, 0.15) is 72.1 Å². The molecular formula is C20H34N2O. The van der Waals surface area contributed by atoms with Crippen LogP contribution in [0.3, 0.4) is 0 Å².